The number of alkyl halides is 1. The molecule has 0 spiro atoms. The van der Waals surface area contributed by atoms with Crippen molar-refractivity contribution in [1.82, 2.24) is 4.90 Å². The molecule has 2 aliphatic rings. The monoisotopic (exact) mass is 403 g/mol. The van der Waals surface area contributed by atoms with E-state index in [9.17, 15) is 0 Å². The summed E-state index contributed by atoms with van der Waals surface area (Å²) >= 11 is 12.7. The zero-order valence-corrected chi connectivity index (χ0v) is 18.1. The van der Waals surface area contributed by atoms with Crippen LogP contribution in [0.5, 0.6) is 0 Å². The van der Waals surface area contributed by atoms with Gasteiger partial charge in [0, 0.05) is 29.2 Å². The predicted molar refractivity (Wildman–Crippen MR) is 119 cm³/mol. The van der Waals surface area contributed by atoms with Gasteiger partial charge in [-0.25, -0.2) is 0 Å². The number of halogens is 2. The van der Waals surface area contributed by atoms with Crippen molar-refractivity contribution in [2.24, 2.45) is 5.41 Å². The quantitative estimate of drug-likeness (QED) is 0.436. The lowest BCUT2D eigenvalue weighted by molar-refractivity contribution is 0.334. The highest BCUT2D eigenvalue weighted by molar-refractivity contribution is 6.37. The van der Waals surface area contributed by atoms with Crippen molar-refractivity contribution in [2.75, 3.05) is 13.1 Å². The first kappa shape index (κ1) is 20.6. The van der Waals surface area contributed by atoms with E-state index in [2.05, 4.69) is 61.7 Å². The van der Waals surface area contributed by atoms with Crippen molar-refractivity contribution < 1.29 is 0 Å². The molecule has 1 aliphatic heterocycles. The van der Waals surface area contributed by atoms with Gasteiger partial charge in [-0.2, -0.15) is 0 Å². The number of hydrogen-bond donors (Lipinski definition) is 0. The molecule has 0 bridgehead atoms. The fourth-order valence-electron chi connectivity index (χ4n) is 4.51. The second kappa shape index (κ2) is 8.88. The minimum atomic E-state index is -0.0665. The largest absolute Gasteiger partial charge is 0.371 e. The molecule has 27 heavy (non-hydrogen) atoms. The lowest BCUT2D eigenvalue weighted by atomic mass is 9.74. The molecule has 2 atom stereocenters. The van der Waals surface area contributed by atoms with Crippen molar-refractivity contribution >= 4 is 28.9 Å². The summed E-state index contributed by atoms with van der Waals surface area (Å²) in [5.41, 5.74) is 5.31. The van der Waals surface area contributed by atoms with Crippen LogP contribution in [0.3, 0.4) is 0 Å². The van der Waals surface area contributed by atoms with Crippen LogP contribution < -0.4 is 0 Å². The highest BCUT2D eigenvalue weighted by atomic mass is 35.5. The van der Waals surface area contributed by atoms with Crippen LogP contribution in [0.15, 0.2) is 53.6 Å². The molecule has 1 nitrogen and oxygen atoms in total. The van der Waals surface area contributed by atoms with Gasteiger partial charge in [0.25, 0.3) is 0 Å². The first-order valence-electron chi connectivity index (χ1n) is 10.2. The molecule has 0 saturated carbocycles. The van der Waals surface area contributed by atoms with Crippen molar-refractivity contribution in [3.05, 3.63) is 64.7 Å². The maximum atomic E-state index is 6.39. The van der Waals surface area contributed by atoms with Gasteiger partial charge in [-0.3, -0.25) is 0 Å². The fraction of sp³-hybridized carbons (Fsp3) is 0.500. The molecular weight excluding hydrogens is 373 g/mol. The average Bonchev–Trinajstić information content (AvgIpc) is 3.10. The molecule has 146 valence electrons. The Kier molecular flexibility index (Phi) is 6.76. The zero-order valence-electron chi connectivity index (χ0n) is 16.6. The fourth-order valence-corrected chi connectivity index (χ4v) is 4.87. The Morgan fingerprint density at radius 2 is 1.96 bits per heavy atom. The van der Waals surface area contributed by atoms with Crippen molar-refractivity contribution in [1.29, 1.82) is 0 Å². The van der Waals surface area contributed by atoms with E-state index >= 15 is 0 Å². The van der Waals surface area contributed by atoms with E-state index in [1.165, 1.54) is 36.0 Å². The van der Waals surface area contributed by atoms with Crippen molar-refractivity contribution in [3.8, 4) is 0 Å². The number of hydrogen-bond acceptors (Lipinski definition) is 1. The van der Waals surface area contributed by atoms with Crippen LogP contribution >= 0.6 is 23.2 Å². The van der Waals surface area contributed by atoms with Gasteiger partial charge in [-0.1, -0.05) is 75.2 Å². The highest BCUT2D eigenvalue weighted by Crippen LogP contribution is 2.47. The van der Waals surface area contributed by atoms with Gasteiger partial charge >= 0.3 is 0 Å². The smallest absolute Gasteiger partial charge is 0.0726 e. The van der Waals surface area contributed by atoms with E-state index in [4.69, 9.17) is 23.2 Å². The summed E-state index contributed by atoms with van der Waals surface area (Å²) in [5.74, 6) is 0. The van der Waals surface area contributed by atoms with Gasteiger partial charge in [0.15, 0.2) is 0 Å². The Hall–Kier alpha value is -1.18. The summed E-state index contributed by atoms with van der Waals surface area (Å²) < 4.78 is 0. The molecule has 1 heterocycles. The maximum Gasteiger partial charge on any atom is 0.0726 e. The lowest BCUT2D eigenvalue weighted by Gasteiger charge is -2.34. The molecule has 3 heteroatoms. The number of allylic oxidation sites excluding steroid dienone is 3. The van der Waals surface area contributed by atoms with Gasteiger partial charge in [0.1, 0.15) is 0 Å². The van der Waals surface area contributed by atoms with E-state index in [0.717, 1.165) is 43.1 Å². The van der Waals surface area contributed by atoms with Crippen LogP contribution in [0, 0.1) is 5.41 Å². The summed E-state index contributed by atoms with van der Waals surface area (Å²) in [5, 5.41) is 0.719. The Morgan fingerprint density at radius 3 is 2.59 bits per heavy atom. The van der Waals surface area contributed by atoms with Crippen molar-refractivity contribution in [3.63, 3.8) is 0 Å². The Bertz CT molecular complexity index is 731. The van der Waals surface area contributed by atoms with Crippen LogP contribution in [0.4, 0.5) is 0 Å². The molecule has 0 amide bonds. The van der Waals surface area contributed by atoms with Gasteiger partial charge in [0.05, 0.1) is 5.38 Å². The second-order valence-corrected chi connectivity index (χ2v) is 8.95. The zero-order chi connectivity index (χ0) is 19.4. The summed E-state index contributed by atoms with van der Waals surface area (Å²) in [6.07, 6.45) is 11.1. The molecule has 1 aromatic rings. The van der Waals surface area contributed by atoms with E-state index in [-0.39, 0.29) is 10.8 Å². The highest BCUT2D eigenvalue weighted by Gasteiger charge is 2.41. The summed E-state index contributed by atoms with van der Waals surface area (Å²) in [7, 11) is 0. The molecule has 0 N–H and O–H groups in total. The standard InChI is InChI=1S/C24H31Cl2N/c1-4-6-19-7-9-20(10-8-19)18(3)27-15-14-24(17-27,13-5-2)21-11-12-22(25)23(26)16-21/h7-11,16,22H,3-6,12-15,17H2,1-2H3. The topological polar surface area (TPSA) is 3.24 Å². The van der Waals surface area contributed by atoms with Crippen LogP contribution in [-0.4, -0.2) is 23.4 Å². The van der Waals surface area contributed by atoms with Crippen molar-refractivity contribution in [2.45, 2.75) is 57.7 Å². The third kappa shape index (κ3) is 4.46. The molecule has 1 aliphatic carbocycles. The lowest BCUT2D eigenvalue weighted by Crippen LogP contribution is -2.29. The molecular formula is C24H31Cl2N. The van der Waals surface area contributed by atoms with Crippen LogP contribution in [0.2, 0.25) is 0 Å². The predicted octanol–water partition coefficient (Wildman–Crippen LogP) is 7.16. The maximum absolute atomic E-state index is 6.39. The number of nitrogens with zero attached hydrogens (tertiary/aromatic N) is 1. The van der Waals surface area contributed by atoms with Gasteiger partial charge in [0.2, 0.25) is 0 Å². The van der Waals surface area contributed by atoms with Gasteiger partial charge in [-0.05, 0) is 48.5 Å². The Balaban J connectivity index is 1.77. The molecule has 3 rings (SSSR count). The molecule has 0 aromatic heterocycles. The number of rotatable bonds is 7. The Morgan fingerprint density at radius 1 is 1.22 bits per heavy atom. The summed E-state index contributed by atoms with van der Waals surface area (Å²) in [6, 6.07) is 8.93. The number of likely N-dealkylation sites (tertiary alicyclic amines) is 1. The van der Waals surface area contributed by atoms with Crippen LogP contribution in [0.25, 0.3) is 5.70 Å². The minimum absolute atomic E-state index is 0.0665. The number of aryl methyl sites for hydroxylation is 1. The summed E-state index contributed by atoms with van der Waals surface area (Å²) in [6.45, 7) is 11.0. The molecule has 1 fully saturated rings. The first-order chi connectivity index (χ1) is 13.0. The van der Waals surface area contributed by atoms with E-state index in [0.29, 0.717) is 0 Å². The normalized spacial score (nSPS) is 25.3. The number of benzene rings is 1. The SMILES string of the molecule is C=C(c1ccc(CCC)cc1)N1CCC(CCC)(C2=CCC(Cl)C(Cl)=C2)C1. The third-order valence-electron chi connectivity index (χ3n) is 6.04. The Labute approximate surface area is 174 Å². The van der Waals surface area contributed by atoms with Gasteiger partial charge < -0.3 is 4.90 Å². The van der Waals surface area contributed by atoms with E-state index in [1.807, 2.05) is 0 Å². The van der Waals surface area contributed by atoms with Gasteiger partial charge in [-0.15, -0.1) is 11.6 Å². The van der Waals surface area contributed by atoms with E-state index < -0.39 is 0 Å². The minimum Gasteiger partial charge on any atom is -0.371 e. The van der Waals surface area contributed by atoms with Crippen LogP contribution in [-0.2, 0) is 6.42 Å². The van der Waals surface area contributed by atoms with Crippen LogP contribution in [0.1, 0.15) is 57.1 Å². The molecule has 1 aromatic carbocycles. The second-order valence-electron chi connectivity index (χ2n) is 7.99. The first-order valence-corrected chi connectivity index (χ1v) is 11.1. The molecule has 2 unspecified atom stereocenters. The molecule has 1 saturated heterocycles. The molecule has 0 radical (unpaired) electrons. The van der Waals surface area contributed by atoms with E-state index in [1.54, 1.807) is 0 Å². The average molecular weight is 404 g/mol. The third-order valence-corrected chi connectivity index (χ3v) is 6.94. The summed E-state index contributed by atoms with van der Waals surface area (Å²) in [4.78, 5) is 2.46.